The van der Waals surface area contributed by atoms with Gasteiger partial charge in [0.25, 0.3) is 0 Å². The van der Waals surface area contributed by atoms with Crippen LogP contribution in [0.25, 0.3) is 0 Å². The van der Waals surface area contributed by atoms with Crippen LogP contribution in [0.4, 0.5) is 18.0 Å². The van der Waals surface area contributed by atoms with Crippen LogP contribution in [0.15, 0.2) is 6.07 Å². The highest BCUT2D eigenvalue weighted by molar-refractivity contribution is 5.73. The molecule has 22 heavy (non-hydrogen) atoms. The molecule has 2 N–H and O–H groups in total. The summed E-state index contributed by atoms with van der Waals surface area (Å²) in [5, 5.41) is 9.33. The van der Waals surface area contributed by atoms with Crippen molar-refractivity contribution in [3.8, 4) is 0 Å². The summed E-state index contributed by atoms with van der Waals surface area (Å²) in [7, 11) is 0. The average Bonchev–Trinajstić information content (AvgIpc) is 2.71. The standard InChI is InChI=1S/C13H21F3N4O2/c1-10-8-11(2)20(19-10)6-3-4-17-12(21)18-5-7-22-9-13(14,15)16/h8H,3-7,9H2,1-2H3,(H2,17,18,21). The number of hydrogen-bond donors (Lipinski definition) is 2. The van der Waals surface area contributed by atoms with Crippen LogP contribution < -0.4 is 10.6 Å². The highest BCUT2D eigenvalue weighted by atomic mass is 19.4. The molecule has 0 radical (unpaired) electrons. The molecule has 0 aliphatic rings. The Morgan fingerprint density at radius 1 is 1.32 bits per heavy atom. The first-order valence-electron chi connectivity index (χ1n) is 6.95. The van der Waals surface area contributed by atoms with E-state index in [0.717, 1.165) is 11.4 Å². The van der Waals surface area contributed by atoms with Crippen molar-refractivity contribution in [3.05, 3.63) is 17.5 Å². The van der Waals surface area contributed by atoms with E-state index < -0.39 is 18.8 Å². The van der Waals surface area contributed by atoms with Crippen molar-refractivity contribution in [2.75, 3.05) is 26.3 Å². The number of ether oxygens (including phenoxy) is 1. The first-order chi connectivity index (χ1) is 10.3. The molecule has 0 spiro atoms. The Morgan fingerprint density at radius 3 is 2.59 bits per heavy atom. The number of nitrogens with one attached hydrogen (secondary N) is 2. The molecule has 1 rings (SSSR count). The van der Waals surface area contributed by atoms with Crippen molar-refractivity contribution in [2.45, 2.75) is 33.0 Å². The van der Waals surface area contributed by atoms with Crippen LogP contribution in [0.1, 0.15) is 17.8 Å². The molecule has 0 aliphatic heterocycles. The summed E-state index contributed by atoms with van der Waals surface area (Å²) in [4.78, 5) is 11.4. The number of nitrogens with zero attached hydrogens (tertiary/aromatic N) is 2. The summed E-state index contributed by atoms with van der Waals surface area (Å²) in [6.07, 6.45) is -3.63. The second-order valence-corrected chi connectivity index (χ2v) is 4.85. The Hall–Kier alpha value is -1.77. The quantitative estimate of drug-likeness (QED) is 0.717. The van der Waals surface area contributed by atoms with Gasteiger partial charge in [0, 0.05) is 25.3 Å². The Labute approximate surface area is 127 Å². The molecule has 0 fully saturated rings. The van der Waals surface area contributed by atoms with E-state index in [4.69, 9.17) is 0 Å². The van der Waals surface area contributed by atoms with Crippen molar-refractivity contribution in [1.29, 1.82) is 0 Å². The fraction of sp³-hybridized carbons (Fsp3) is 0.692. The molecular formula is C13H21F3N4O2. The normalized spacial score (nSPS) is 11.5. The Kier molecular flexibility index (Phi) is 7.16. The van der Waals surface area contributed by atoms with E-state index in [1.54, 1.807) is 0 Å². The third-order valence-corrected chi connectivity index (χ3v) is 2.73. The first kappa shape index (κ1) is 18.3. The predicted octanol–water partition coefficient (Wildman–Crippen LogP) is 1.77. The molecule has 0 aliphatic carbocycles. The molecule has 2 amide bonds. The van der Waals surface area contributed by atoms with Crippen molar-refractivity contribution >= 4 is 6.03 Å². The van der Waals surface area contributed by atoms with Crippen LogP contribution in [0, 0.1) is 13.8 Å². The third-order valence-electron chi connectivity index (χ3n) is 2.73. The summed E-state index contributed by atoms with van der Waals surface area (Å²) in [5.41, 5.74) is 2.01. The number of rotatable bonds is 8. The van der Waals surface area contributed by atoms with Crippen molar-refractivity contribution in [2.24, 2.45) is 0 Å². The van der Waals surface area contributed by atoms with E-state index in [1.807, 2.05) is 24.6 Å². The molecule has 1 heterocycles. The van der Waals surface area contributed by atoms with Crippen LogP contribution in [0.3, 0.4) is 0 Å². The molecule has 1 aromatic rings. The van der Waals surface area contributed by atoms with Gasteiger partial charge in [0.1, 0.15) is 6.61 Å². The molecule has 0 unspecified atom stereocenters. The number of aryl methyl sites for hydroxylation is 3. The largest absolute Gasteiger partial charge is 0.411 e. The Balaban J connectivity index is 2.03. The fourth-order valence-electron chi connectivity index (χ4n) is 1.82. The van der Waals surface area contributed by atoms with Gasteiger partial charge in [0.2, 0.25) is 0 Å². The maximum absolute atomic E-state index is 11.8. The van der Waals surface area contributed by atoms with E-state index in [0.29, 0.717) is 19.5 Å². The van der Waals surface area contributed by atoms with Crippen LogP contribution in [-0.2, 0) is 11.3 Å². The summed E-state index contributed by atoms with van der Waals surface area (Å²) < 4.78 is 41.6. The van der Waals surface area contributed by atoms with E-state index >= 15 is 0 Å². The number of carbonyl (C=O) groups excluding carboxylic acids is 1. The van der Waals surface area contributed by atoms with E-state index in [2.05, 4.69) is 20.5 Å². The van der Waals surface area contributed by atoms with Gasteiger partial charge in [-0.1, -0.05) is 0 Å². The lowest BCUT2D eigenvalue weighted by Gasteiger charge is -2.10. The lowest BCUT2D eigenvalue weighted by molar-refractivity contribution is -0.173. The fourth-order valence-corrected chi connectivity index (χ4v) is 1.82. The smallest absolute Gasteiger partial charge is 0.370 e. The molecule has 1 aromatic heterocycles. The molecule has 0 saturated carbocycles. The second kappa shape index (κ2) is 8.62. The van der Waals surface area contributed by atoms with E-state index in [-0.39, 0.29) is 13.2 Å². The Morgan fingerprint density at radius 2 is 2.00 bits per heavy atom. The number of carbonyl (C=O) groups is 1. The van der Waals surface area contributed by atoms with Gasteiger partial charge in [-0.15, -0.1) is 0 Å². The predicted molar refractivity (Wildman–Crippen MR) is 74.6 cm³/mol. The zero-order valence-electron chi connectivity index (χ0n) is 12.7. The first-order valence-corrected chi connectivity index (χ1v) is 6.95. The minimum Gasteiger partial charge on any atom is -0.370 e. The van der Waals surface area contributed by atoms with Gasteiger partial charge in [-0.2, -0.15) is 18.3 Å². The minimum atomic E-state index is -4.34. The molecule has 0 bridgehead atoms. The number of amides is 2. The number of hydrogen-bond acceptors (Lipinski definition) is 3. The van der Waals surface area contributed by atoms with Gasteiger partial charge >= 0.3 is 12.2 Å². The van der Waals surface area contributed by atoms with Crippen LogP contribution in [0.5, 0.6) is 0 Å². The van der Waals surface area contributed by atoms with Gasteiger partial charge in [0.15, 0.2) is 0 Å². The van der Waals surface area contributed by atoms with Crippen LogP contribution in [-0.4, -0.2) is 48.3 Å². The zero-order valence-corrected chi connectivity index (χ0v) is 12.7. The van der Waals surface area contributed by atoms with Crippen LogP contribution >= 0.6 is 0 Å². The molecule has 9 heteroatoms. The van der Waals surface area contributed by atoms with Gasteiger partial charge in [0.05, 0.1) is 12.3 Å². The maximum atomic E-state index is 11.8. The SMILES string of the molecule is Cc1cc(C)n(CCCNC(=O)NCCOCC(F)(F)F)n1. The molecule has 0 saturated heterocycles. The third kappa shape index (κ3) is 7.87. The topological polar surface area (TPSA) is 68.2 Å². The number of alkyl halides is 3. The molecule has 0 aromatic carbocycles. The summed E-state index contributed by atoms with van der Waals surface area (Å²) in [6.45, 7) is 3.55. The minimum absolute atomic E-state index is 0.0272. The van der Waals surface area contributed by atoms with Crippen molar-refractivity contribution in [3.63, 3.8) is 0 Å². The molecule has 0 atom stereocenters. The van der Waals surface area contributed by atoms with E-state index in [9.17, 15) is 18.0 Å². The van der Waals surface area contributed by atoms with Gasteiger partial charge in [-0.3, -0.25) is 4.68 Å². The van der Waals surface area contributed by atoms with Crippen LogP contribution in [0.2, 0.25) is 0 Å². The summed E-state index contributed by atoms with van der Waals surface area (Å²) in [5.74, 6) is 0. The monoisotopic (exact) mass is 322 g/mol. The molecular weight excluding hydrogens is 301 g/mol. The summed E-state index contributed by atoms with van der Waals surface area (Å²) >= 11 is 0. The van der Waals surface area contributed by atoms with Gasteiger partial charge < -0.3 is 15.4 Å². The number of aromatic nitrogens is 2. The number of urea groups is 1. The zero-order chi connectivity index (χ0) is 16.6. The highest BCUT2D eigenvalue weighted by Gasteiger charge is 2.27. The second-order valence-electron chi connectivity index (χ2n) is 4.85. The Bertz CT molecular complexity index is 474. The highest BCUT2D eigenvalue weighted by Crippen LogP contribution is 2.13. The lowest BCUT2D eigenvalue weighted by atomic mass is 10.4. The molecule has 6 nitrogen and oxygen atoms in total. The van der Waals surface area contributed by atoms with Gasteiger partial charge in [-0.05, 0) is 26.3 Å². The average molecular weight is 322 g/mol. The van der Waals surface area contributed by atoms with E-state index in [1.165, 1.54) is 0 Å². The maximum Gasteiger partial charge on any atom is 0.411 e. The van der Waals surface area contributed by atoms with Crippen molar-refractivity contribution < 1.29 is 22.7 Å². The van der Waals surface area contributed by atoms with Gasteiger partial charge in [-0.25, -0.2) is 4.79 Å². The lowest BCUT2D eigenvalue weighted by Crippen LogP contribution is -2.38. The van der Waals surface area contributed by atoms with Crippen molar-refractivity contribution in [1.82, 2.24) is 20.4 Å². The molecule has 126 valence electrons. The number of halogens is 3. The summed E-state index contributed by atoms with van der Waals surface area (Å²) in [6, 6.07) is 1.55.